The average Bonchev–Trinajstić information content (AvgIpc) is 2.60. The third kappa shape index (κ3) is 5.40. The van der Waals surface area contributed by atoms with Gasteiger partial charge in [-0.2, -0.15) is 5.26 Å². The monoisotopic (exact) mass is 408 g/mol. The van der Waals surface area contributed by atoms with Crippen molar-refractivity contribution in [1.29, 1.82) is 5.26 Å². The van der Waals surface area contributed by atoms with Gasteiger partial charge in [-0.25, -0.2) is 0 Å². The average molecular weight is 410 g/mol. The van der Waals surface area contributed by atoms with Gasteiger partial charge in [0.05, 0.1) is 11.6 Å². The Bertz CT molecular complexity index is 872. The van der Waals surface area contributed by atoms with Crippen molar-refractivity contribution in [3.63, 3.8) is 0 Å². The molecule has 0 saturated carbocycles. The maximum atomic E-state index is 12.4. The van der Waals surface area contributed by atoms with Gasteiger partial charge in [-0.1, -0.05) is 41.7 Å². The number of benzene rings is 2. The van der Waals surface area contributed by atoms with E-state index in [1.54, 1.807) is 36.4 Å². The molecule has 0 aromatic heterocycles. The number of nitriles is 1. The molecule has 0 aliphatic heterocycles. The van der Waals surface area contributed by atoms with Gasteiger partial charge in [-0.3, -0.25) is 4.79 Å². The quantitative estimate of drug-likeness (QED) is 0.471. The van der Waals surface area contributed by atoms with Crippen LogP contribution < -0.4 is 10.1 Å². The van der Waals surface area contributed by atoms with Gasteiger partial charge in [-0.15, -0.1) is 0 Å². The van der Waals surface area contributed by atoms with Crippen molar-refractivity contribution < 1.29 is 9.53 Å². The zero-order chi connectivity index (χ0) is 19.1. The first-order chi connectivity index (χ1) is 12.4. The smallest absolute Gasteiger partial charge is 0.266 e. The number of nitrogens with one attached hydrogen (secondary N) is 1. The second-order valence-electron chi connectivity index (χ2n) is 5.29. The standard InChI is InChI=1S/C19H15Cl3N2O2/c1-2-7-26-18-12(9-15(21)10-17(18)22)8-13(11-23)19(25)24-16-5-3-14(20)4-6-16/h3-6,8-10H,2,7H2,1H3,(H,24,25)/b13-8+. The van der Waals surface area contributed by atoms with Crippen LogP contribution in [0, 0.1) is 11.3 Å². The van der Waals surface area contributed by atoms with Crippen LogP contribution in [0.1, 0.15) is 18.9 Å². The van der Waals surface area contributed by atoms with Gasteiger partial charge < -0.3 is 10.1 Å². The zero-order valence-corrected chi connectivity index (χ0v) is 16.1. The van der Waals surface area contributed by atoms with Crippen molar-refractivity contribution in [3.05, 3.63) is 62.6 Å². The Kier molecular flexibility index (Phi) is 7.35. The number of hydrogen-bond acceptors (Lipinski definition) is 3. The highest BCUT2D eigenvalue weighted by molar-refractivity contribution is 6.36. The highest BCUT2D eigenvalue weighted by Gasteiger charge is 2.14. The number of nitrogens with zero attached hydrogens (tertiary/aromatic N) is 1. The molecule has 0 atom stereocenters. The summed E-state index contributed by atoms with van der Waals surface area (Å²) in [5.74, 6) is -0.183. The first-order valence-electron chi connectivity index (χ1n) is 7.75. The van der Waals surface area contributed by atoms with E-state index >= 15 is 0 Å². The summed E-state index contributed by atoms with van der Waals surface area (Å²) >= 11 is 18.0. The molecule has 4 nitrogen and oxygen atoms in total. The maximum Gasteiger partial charge on any atom is 0.266 e. The second kappa shape index (κ2) is 9.49. The Hall–Kier alpha value is -2.19. The van der Waals surface area contributed by atoms with Crippen molar-refractivity contribution >= 4 is 52.5 Å². The number of halogens is 3. The molecule has 0 spiro atoms. The lowest BCUT2D eigenvalue weighted by Crippen LogP contribution is -2.13. The number of rotatable bonds is 6. The molecule has 0 bridgehead atoms. The first-order valence-corrected chi connectivity index (χ1v) is 8.88. The summed E-state index contributed by atoms with van der Waals surface area (Å²) in [6, 6.07) is 11.6. The van der Waals surface area contributed by atoms with Crippen molar-refractivity contribution in [2.75, 3.05) is 11.9 Å². The molecule has 0 aliphatic carbocycles. The molecule has 0 unspecified atom stereocenters. The molecule has 7 heteroatoms. The third-order valence-electron chi connectivity index (χ3n) is 3.25. The van der Waals surface area contributed by atoms with Crippen LogP contribution in [0.2, 0.25) is 15.1 Å². The molecule has 0 heterocycles. The number of amides is 1. The lowest BCUT2D eigenvalue weighted by Gasteiger charge is -2.11. The third-order valence-corrected chi connectivity index (χ3v) is 4.01. The SMILES string of the molecule is CCCOc1c(Cl)cc(Cl)cc1/C=C(\C#N)C(=O)Nc1ccc(Cl)cc1. The van der Waals surface area contributed by atoms with Crippen molar-refractivity contribution in [2.45, 2.75) is 13.3 Å². The summed E-state index contributed by atoms with van der Waals surface area (Å²) in [5.41, 5.74) is 0.866. The maximum absolute atomic E-state index is 12.4. The number of hydrogen-bond donors (Lipinski definition) is 1. The Balaban J connectivity index is 2.34. The summed E-state index contributed by atoms with van der Waals surface area (Å²) < 4.78 is 5.64. The molecular formula is C19H15Cl3N2O2. The predicted octanol–water partition coefficient (Wildman–Crippen LogP) is 5.98. The van der Waals surface area contributed by atoms with E-state index in [2.05, 4.69) is 5.32 Å². The van der Waals surface area contributed by atoms with Crippen LogP contribution in [-0.2, 0) is 4.79 Å². The van der Waals surface area contributed by atoms with E-state index in [-0.39, 0.29) is 5.57 Å². The Morgan fingerprint density at radius 2 is 1.88 bits per heavy atom. The van der Waals surface area contributed by atoms with Crippen LogP contribution in [0.15, 0.2) is 42.0 Å². The second-order valence-corrected chi connectivity index (χ2v) is 6.57. The van der Waals surface area contributed by atoms with Gasteiger partial charge in [-0.05, 0) is 48.9 Å². The number of ether oxygens (including phenoxy) is 1. The first kappa shape index (κ1) is 20.1. The van der Waals surface area contributed by atoms with Crippen molar-refractivity contribution in [3.8, 4) is 11.8 Å². The highest BCUT2D eigenvalue weighted by Crippen LogP contribution is 2.34. The van der Waals surface area contributed by atoms with Crippen LogP contribution in [0.4, 0.5) is 5.69 Å². The molecule has 0 radical (unpaired) electrons. The van der Waals surface area contributed by atoms with Crippen molar-refractivity contribution in [2.24, 2.45) is 0 Å². The van der Waals surface area contributed by atoms with Gasteiger partial charge >= 0.3 is 0 Å². The molecule has 1 N–H and O–H groups in total. The van der Waals surface area contributed by atoms with Crippen LogP contribution in [0.5, 0.6) is 5.75 Å². The normalized spacial score (nSPS) is 11.0. The summed E-state index contributed by atoms with van der Waals surface area (Å²) in [6.45, 7) is 2.40. The molecule has 0 fully saturated rings. The Labute approximate surface area is 166 Å². The number of anilines is 1. The number of carbonyl (C=O) groups is 1. The van der Waals surface area contributed by atoms with Crippen LogP contribution in [-0.4, -0.2) is 12.5 Å². The van der Waals surface area contributed by atoms with Gasteiger partial charge in [0.2, 0.25) is 0 Å². The van der Waals surface area contributed by atoms with Crippen LogP contribution >= 0.6 is 34.8 Å². The molecule has 2 rings (SSSR count). The molecule has 134 valence electrons. The Morgan fingerprint density at radius 1 is 1.19 bits per heavy atom. The number of carbonyl (C=O) groups excluding carboxylic acids is 1. The fourth-order valence-corrected chi connectivity index (χ4v) is 2.77. The van der Waals surface area contributed by atoms with Gasteiger partial charge in [0.1, 0.15) is 17.4 Å². The predicted molar refractivity (Wildman–Crippen MR) is 106 cm³/mol. The molecule has 2 aromatic carbocycles. The molecule has 0 saturated heterocycles. The largest absolute Gasteiger partial charge is 0.491 e. The molecular weight excluding hydrogens is 395 g/mol. The lowest BCUT2D eigenvalue weighted by atomic mass is 10.1. The minimum Gasteiger partial charge on any atom is -0.491 e. The van der Waals surface area contributed by atoms with Crippen LogP contribution in [0.3, 0.4) is 0 Å². The van der Waals surface area contributed by atoms with E-state index < -0.39 is 5.91 Å². The van der Waals surface area contributed by atoms with Crippen molar-refractivity contribution in [1.82, 2.24) is 0 Å². The molecule has 26 heavy (non-hydrogen) atoms. The van der Waals surface area contributed by atoms with E-state index in [9.17, 15) is 10.1 Å². The summed E-state index contributed by atoms with van der Waals surface area (Å²) in [4.78, 5) is 12.4. The van der Waals surface area contributed by atoms with Crippen LogP contribution in [0.25, 0.3) is 6.08 Å². The molecule has 1 amide bonds. The molecule has 2 aromatic rings. The fourth-order valence-electron chi connectivity index (χ4n) is 2.08. The van der Waals surface area contributed by atoms with E-state index in [1.807, 2.05) is 13.0 Å². The molecule has 0 aliphatic rings. The highest BCUT2D eigenvalue weighted by atomic mass is 35.5. The lowest BCUT2D eigenvalue weighted by molar-refractivity contribution is -0.112. The zero-order valence-electron chi connectivity index (χ0n) is 13.9. The van der Waals surface area contributed by atoms with E-state index in [1.165, 1.54) is 6.08 Å². The summed E-state index contributed by atoms with van der Waals surface area (Å²) in [7, 11) is 0. The summed E-state index contributed by atoms with van der Waals surface area (Å²) in [5, 5.41) is 13.3. The fraction of sp³-hybridized carbons (Fsp3) is 0.158. The van der Waals surface area contributed by atoms with Gasteiger partial charge in [0.15, 0.2) is 0 Å². The minimum absolute atomic E-state index is 0.111. The summed E-state index contributed by atoms with van der Waals surface area (Å²) in [6.07, 6.45) is 2.18. The van der Waals surface area contributed by atoms with E-state index in [0.717, 1.165) is 6.42 Å². The van der Waals surface area contributed by atoms with E-state index in [0.29, 0.717) is 38.7 Å². The van der Waals surface area contributed by atoms with Gasteiger partial charge in [0.25, 0.3) is 5.91 Å². The minimum atomic E-state index is -0.563. The Morgan fingerprint density at radius 3 is 2.50 bits per heavy atom. The topological polar surface area (TPSA) is 62.1 Å². The van der Waals surface area contributed by atoms with Gasteiger partial charge in [0, 0.05) is 21.3 Å². The van der Waals surface area contributed by atoms with E-state index in [4.69, 9.17) is 39.5 Å².